The van der Waals surface area contributed by atoms with Gasteiger partial charge >= 0.3 is 0 Å². The van der Waals surface area contributed by atoms with Gasteiger partial charge in [-0.2, -0.15) is 0 Å². The van der Waals surface area contributed by atoms with Gasteiger partial charge < -0.3 is 5.11 Å². The third-order valence-electron chi connectivity index (χ3n) is 4.65. The van der Waals surface area contributed by atoms with Gasteiger partial charge in [-0.3, -0.25) is 4.90 Å². The Morgan fingerprint density at radius 3 is 2.29 bits per heavy atom. The Bertz CT molecular complexity index is 216. The summed E-state index contributed by atoms with van der Waals surface area (Å²) < 4.78 is 0. The molecular weight excluding hydrogens is 174 g/mol. The van der Waals surface area contributed by atoms with Crippen LogP contribution in [-0.2, 0) is 0 Å². The molecule has 0 aromatic rings. The van der Waals surface area contributed by atoms with Gasteiger partial charge in [0.1, 0.15) is 0 Å². The summed E-state index contributed by atoms with van der Waals surface area (Å²) in [6, 6.07) is 0.509. The first-order chi connectivity index (χ1) is 6.79. The minimum Gasteiger partial charge on any atom is -0.391 e. The van der Waals surface area contributed by atoms with Crippen molar-refractivity contribution in [3.8, 4) is 0 Å². The Morgan fingerprint density at radius 1 is 1.00 bits per heavy atom. The highest BCUT2D eigenvalue weighted by atomic mass is 16.3. The largest absolute Gasteiger partial charge is 0.391 e. The zero-order chi connectivity index (χ0) is 9.60. The van der Waals surface area contributed by atoms with E-state index in [1.165, 1.54) is 51.6 Å². The number of likely N-dealkylation sites (tertiary alicyclic amines) is 1. The highest BCUT2D eigenvalue weighted by Gasteiger charge is 2.50. The maximum Gasteiger partial charge on any atom is 0.0695 e. The summed E-state index contributed by atoms with van der Waals surface area (Å²) in [7, 11) is 0. The van der Waals surface area contributed by atoms with E-state index >= 15 is 0 Å². The van der Waals surface area contributed by atoms with Crippen molar-refractivity contribution in [2.75, 3.05) is 13.1 Å². The first-order valence-electron chi connectivity index (χ1n) is 6.21. The van der Waals surface area contributed by atoms with E-state index in [2.05, 4.69) is 4.90 Å². The number of hydrogen-bond acceptors (Lipinski definition) is 2. The molecule has 2 aliphatic carbocycles. The molecule has 2 atom stereocenters. The van der Waals surface area contributed by atoms with Gasteiger partial charge in [0.05, 0.1) is 6.10 Å². The van der Waals surface area contributed by atoms with Gasteiger partial charge in [-0.25, -0.2) is 0 Å². The molecule has 2 saturated carbocycles. The topological polar surface area (TPSA) is 23.5 Å². The lowest BCUT2D eigenvalue weighted by Crippen LogP contribution is -2.65. The molecule has 0 bridgehead atoms. The lowest BCUT2D eigenvalue weighted by Gasteiger charge is -2.59. The summed E-state index contributed by atoms with van der Waals surface area (Å²) in [4.78, 5) is 2.54. The minimum atomic E-state index is -0.0267. The minimum absolute atomic E-state index is 0.0267. The van der Waals surface area contributed by atoms with Crippen molar-refractivity contribution < 1.29 is 5.11 Å². The van der Waals surface area contributed by atoms with Crippen LogP contribution in [0.5, 0.6) is 0 Å². The van der Waals surface area contributed by atoms with Crippen LogP contribution < -0.4 is 0 Å². The molecule has 80 valence electrons. The molecule has 14 heavy (non-hydrogen) atoms. The van der Waals surface area contributed by atoms with Crippen LogP contribution >= 0.6 is 0 Å². The molecule has 2 unspecified atom stereocenters. The second-order valence-electron chi connectivity index (χ2n) is 5.68. The molecule has 1 heterocycles. The maximum absolute atomic E-state index is 9.92. The van der Waals surface area contributed by atoms with E-state index in [1.54, 1.807) is 0 Å². The first kappa shape index (κ1) is 9.17. The van der Waals surface area contributed by atoms with Crippen LogP contribution in [0.1, 0.15) is 44.9 Å². The molecule has 1 aliphatic heterocycles. The quantitative estimate of drug-likeness (QED) is 0.689. The van der Waals surface area contributed by atoms with Crippen LogP contribution in [0.4, 0.5) is 0 Å². The molecule has 1 saturated heterocycles. The van der Waals surface area contributed by atoms with Crippen molar-refractivity contribution in [3.05, 3.63) is 0 Å². The molecule has 0 aromatic heterocycles. The van der Waals surface area contributed by atoms with E-state index in [1.807, 2.05) is 0 Å². The third kappa shape index (κ3) is 1.31. The Kier molecular flexibility index (Phi) is 2.10. The summed E-state index contributed by atoms with van der Waals surface area (Å²) in [6.07, 6.45) is 9.15. The molecule has 0 amide bonds. The predicted molar refractivity (Wildman–Crippen MR) is 56.1 cm³/mol. The van der Waals surface area contributed by atoms with Gasteiger partial charge in [0.25, 0.3) is 0 Å². The molecule has 0 aromatic carbocycles. The van der Waals surface area contributed by atoms with Gasteiger partial charge in [0, 0.05) is 19.1 Å². The van der Waals surface area contributed by atoms with Crippen molar-refractivity contribution >= 4 is 0 Å². The van der Waals surface area contributed by atoms with Gasteiger partial charge in [0.2, 0.25) is 0 Å². The van der Waals surface area contributed by atoms with Crippen molar-refractivity contribution in [1.82, 2.24) is 4.90 Å². The molecule has 1 spiro atoms. The van der Waals surface area contributed by atoms with Crippen LogP contribution in [0.2, 0.25) is 0 Å². The summed E-state index contributed by atoms with van der Waals surface area (Å²) >= 11 is 0. The number of aliphatic hydroxyl groups excluding tert-OH is 1. The molecular formula is C12H21NO. The monoisotopic (exact) mass is 195 g/mol. The van der Waals surface area contributed by atoms with E-state index < -0.39 is 0 Å². The molecule has 2 nitrogen and oxygen atoms in total. The van der Waals surface area contributed by atoms with Crippen LogP contribution in [0.15, 0.2) is 0 Å². The van der Waals surface area contributed by atoms with E-state index in [0.29, 0.717) is 6.04 Å². The zero-order valence-electron chi connectivity index (χ0n) is 8.91. The molecule has 3 rings (SSSR count). The van der Waals surface area contributed by atoms with Gasteiger partial charge in [-0.05, 0) is 31.1 Å². The number of hydrogen-bond donors (Lipinski definition) is 1. The fourth-order valence-electron chi connectivity index (χ4n) is 3.56. The van der Waals surface area contributed by atoms with Crippen molar-refractivity contribution in [1.29, 1.82) is 0 Å². The maximum atomic E-state index is 9.92. The van der Waals surface area contributed by atoms with E-state index in [0.717, 1.165) is 11.8 Å². The van der Waals surface area contributed by atoms with E-state index in [9.17, 15) is 5.11 Å². The average molecular weight is 195 g/mol. The average Bonchev–Trinajstić information content (AvgIpc) is 2.03. The van der Waals surface area contributed by atoms with Gasteiger partial charge in [0.15, 0.2) is 0 Å². The Balaban J connectivity index is 1.56. The zero-order valence-corrected chi connectivity index (χ0v) is 8.91. The Labute approximate surface area is 86.3 Å². The highest BCUT2D eigenvalue weighted by molar-refractivity contribution is 5.03. The molecule has 1 N–H and O–H groups in total. The highest BCUT2D eigenvalue weighted by Crippen LogP contribution is 2.49. The molecule has 0 radical (unpaired) electrons. The van der Waals surface area contributed by atoms with Crippen LogP contribution in [-0.4, -0.2) is 35.2 Å². The molecule has 2 heteroatoms. The fraction of sp³-hybridized carbons (Fsp3) is 1.00. The molecule has 3 aliphatic rings. The van der Waals surface area contributed by atoms with Gasteiger partial charge in [-0.1, -0.05) is 19.3 Å². The van der Waals surface area contributed by atoms with E-state index in [4.69, 9.17) is 0 Å². The number of nitrogens with zero attached hydrogens (tertiary/aromatic N) is 1. The summed E-state index contributed by atoms with van der Waals surface area (Å²) in [5, 5.41) is 9.92. The lowest BCUT2D eigenvalue weighted by molar-refractivity contribution is -0.116. The van der Waals surface area contributed by atoms with Crippen molar-refractivity contribution in [2.45, 2.75) is 57.1 Å². The van der Waals surface area contributed by atoms with Crippen molar-refractivity contribution in [3.63, 3.8) is 0 Å². The smallest absolute Gasteiger partial charge is 0.0695 e. The molecule has 3 fully saturated rings. The van der Waals surface area contributed by atoms with Crippen molar-refractivity contribution in [2.24, 2.45) is 5.41 Å². The third-order valence-corrected chi connectivity index (χ3v) is 4.65. The van der Waals surface area contributed by atoms with Gasteiger partial charge in [-0.15, -0.1) is 0 Å². The van der Waals surface area contributed by atoms with E-state index in [-0.39, 0.29) is 6.10 Å². The summed E-state index contributed by atoms with van der Waals surface area (Å²) in [5.74, 6) is 0. The fourth-order valence-corrected chi connectivity index (χ4v) is 3.56. The SMILES string of the molecule is OC1CCCCC1N1CC2(CCC2)C1. The first-order valence-corrected chi connectivity index (χ1v) is 6.21. The normalized spacial score (nSPS) is 41.8. The second kappa shape index (κ2) is 3.21. The lowest BCUT2D eigenvalue weighted by atomic mass is 9.62. The van der Waals surface area contributed by atoms with Crippen LogP contribution in [0.3, 0.4) is 0 Å². The number of aliphatic hydroxyl groups is 1. The van der Waals surface area contributed by atoms with Crippen LogP contribution in [0, 0.1) is 5.41 Å². The van der Waals surface area contributed by atoms with Crippen LogP contribution in [0.25, 0.3) is 0 Å². The predicted octanol–water partition coefficient (Wildman–Crippen LogP) is 1.78. The standard InChI is InChI=1S/C12H21NO/c14-11-5-2-1-4-10(11)13-8-12(9-13)6-3-7-12/h10-11,14H,1-9H2. The Morgan fingerprint density at radius 2 is 1.71 bits per heavy atom. The number of rotatable bonds is 1. The summed E-state index contributed by atoms with van der Waals surface area (Å²) in [6.45, 7) is 2.57. The Hall–Kier alpha value is -0.0800. The second-order valence-corrected chi connectivity index (χ2v) is 5.68. The summed E-state index contributed by atoms with van der Waals surface area (Å²) in [5.41, 5.74) is 0.719.